The molecule has 0 radical (unpaired) electrons. The first-order chi connectivity index (χ1) is 12.1. The summed E-state index contributed by atoms with van der Waals surface area (Å²) in [6, 6.07) is 11.1. The molecule has 2 aromatic rings. The van der Waals surface area contributed by atoms with E-state index in [0.29, 0.717) is 25.1 Å². The number of methoxy groups -OCH3 is 2. The van der Waals surface area contributed by atoms with E-state index in [9.17, 15) is 4.79 Å². The van der Waals surface area contributed by atoms with Crippen molar-refractivity contribution >= 4 is 5.91 Å². The third-order valence-corrected chi connectivity index (χ3v) is 3.90. The largest absolute Gasteiger partial charge is 0.497 e. The summed E-state index contributed by atoms with van der Waals surface area (Å²) in [7, 11) is 3.26. The Bertz CT molecular complexity index is 728. The molecule has 0 spiro atoms. The highest BCUT2D eigenvalue weighted by molar-refractivity contribution is 5.94. The van der Waals surface area contributed by atoms with Crippen LogP contribution in [0.4, 0.5) is 0 Å². The van der Waals surface area contributed by atoms with Crippen molar-refractivity contribution in [3.8, 4) is 17.2 Å². The molecule has 134 valence electrons. The van der Waals surface area contributed by atoms with Crippen molar-refractivity contribution < 1.29 is 19.0 Å². The van der Waals surface area contributed by atoms with Crippen LogP contribution in [0.5, 0.6) is 17.2 Å². The standard InChI is InChI=1S/C20H25NO4/c1-5-25-18-8-6-16(12-14(18)2)20(22)21-11-10-15-13-17(23-3)7-9-19(15)24-4/h6-9,12-13H,5,10-11H2,1-4H3,(H,21,22). The Hall–Kier alpha value is -2.69. The van der Waals surface area contributed by atoms with Crippen molar-refractivity contribution in [3.05, 3.63) is 53.1 Å². The summed E-state index contributed by atoms with van der Waals surface area (Å²) in [4.78, 5) is 12.3. The fourth-order valence-corrected chi connectivity index (χ4v) is 2.60. The van der Waals surface area contributed by atoms with Crippen molar-refractivity contribution in [3.63, 3.8) is 0 Å². The van der Waals surface area contributed by atoms with E-state index in [1.54, 1.807) is 20.3 Å². The number of rotatable bonds is 8. The molecule has 2 aromatic carbocycles. The van der Waals surface area contributed by atoms with Gasteiger partial charge in [0.2, 0.25) is 0 Å². The molecule has 5 heteroatoms. The molecule has 2 rings (SSSR count). The average molecular weight is 343 g/mol. The van der Waals surface area contributed by atoms with Crippen molar-refractivity contribution in [1.29, 1.82) is 0 Å². The number of nitrogens with one attached hydrogen (secondary N) is 1. The highest BCUT2D eigenvalue weighted by atomic mass is 16.5. The van der Waals surface area contributed by atoms with E-state index >= 15 is 0 Å². The van der Waals surface area contributed by atoms with E-state index < -0.39 is 0 Å². The van der Waals surface area contributed by atoms with Gasteiger partial charge in [-0.1, -0.05) is 0 Å². The summed E-state index contributed by atoms with van der Waals surface area (Å²) < 4.78 is 16.1. The molecule has 1 N–H and O–H groups in total. The van der Waals surface area contributed by atoms with Gasteiger partial charge in [-0.2, -0.15) is 0 Å². The monoisotopic (exact) mass is 343 g/mol. The molecule has 0 aliphatic carbocycles. The Balaban J connectivity index is 1.98. The highest BCUT2D eigenvalue weighted by Gasteiger charge is 2.09. The molecule has 0 aliphatic heterocycles. The van der Waals surface area contributed by atoms with E-state index in [2.05, 4.69) is 5.32 Å². The van der Waals surface area contributed by atoms with E-state index in [1.165, 1.54) is 0 Å². The molecule has 0 unspecified atom stereocenters. The van der Waals surface area contributed by atoms with Crippen LogP contribution in [-0.4, -0.2) is 33.3 Å². The van der Waals surface area contributed by atoms with Crippen LogP contribution in [0.1, 0.15) is 28.4 Å². The third-order valence-electron chi connectivity index (χ3n) is 3.90. The van der Waals surface area contributed by atoms with E-state index in [0.717, 1.165) is 28.4 Å². The molecule has 25 heavy (non-hydrogen) atoms. The van der Waals surface area contributed by atoms with Crippen molar-refractivity contribution in [2.75, 3.05) is 27.4 Å². The number of ether oxygens (including phenoxy) is 3. The van der Waals surface area contributed by atoms with Crippen LogP contribution < -0.4 is 19.5 Å². The van der Waals surface area contributed by atoms with Crippen LogP contribution in [0, 0.1) is 6.92 Å². The number of aryl methyl sites for hydroxylation is 1. The van der Waals surface area contributed by atoms with Crippen molar-refractivity contribution in [1.82, 2.24) is 5.32 Å². The molecular weight excluding hydrogens is 318 g/mol. The molecule has 5 nitrogen and oxygen atoms in total. The lowest BCUT2D eigenvalue weighted by molar-refractivity contribution is 0.0954. The zero-order valence-electron chi connectivity index (χ0n) is 15.2. The van der Waals surface area contributed by atoms with Gasteiger partial charge in [0.05, 0.1) is 20.8 Å². The van der Waals surface area contributed by atoms with Gasteiger partial charge in [0, 0.05) is 12.1 Å². The van der Waals surface area contributed by atoms with E-state index in [-0.39, 0.29) is 5.91 Å². The van der Waals surface area contributed by atoms with Gasteiger partial charge in [-0.25, -0.2) is 0 Å². The van der Waals surface area contributed by atoms with Crippen LogP contribution >= 0.6 is 0 Å². The maximum Gasteiger partial charge on any atom is 0.251 e. The molecule has 0 aromatic heterocycles. The number of carbonyl (C=O) groups is 1. The number of carbonyl (C=O) groups excluding carboxylic acids is 1. The predicted molar refractivity (Wildman–Crippen MR) is 97.9 cm³/mol. The summed E-state index contributed by atoms with van der Waals surface area (Å²) in [5.41, 5.74) is 2.56. The van der Waals surface area contributed by atoms with Crippen LogP contribution in [0.3, 0.4) is 0 Å². The van der Waals surface area contributed by atoms with Gasteiger partial charge in [-0.15, -0.1) is 0 Å². The van der Waals surface area contributed by atoms with Gasteiger partial charge in [-0.05, 0) is 67.8 Å². The normalized spacial score (nSPS) is 10.2. The fourth-order valence-electron chi connectivity index (χ4n) is 2.60. The zero-order valence-corrected chi connectivity index (χ0v) is 15.2. The Kier molecular flexibility index (Phi) is 6.69. The SMILES string of the molecule is CCOc1ccc(C(=O)NCCc2cc(OC)ccc2OC)cc1C. The topological polar surface area (TPSA) is 56.8 Å². The van der Waals surface area contributed by atoms with E-state index in [4.69, 9.17) is 14.2 Å². The summed E-state index contributed by atoms with van der Waals surface area (Å²) in [6.07, 6.45) is 0.655. The van der Waals surface area contributed by atoms with Gasteiger partial charge in [-0.3, -0.25) is 4.79 Å². The van der Waals surface area contributed by atoms with Crippen molar-refractivity contribution in [2.24, 2.45) is 0 Å². The lowest BCUT2D eigenvalue weighted by Gasteiger charge is -2.12. The Morgan fingerprint density at radius 3 is 2.44 bits per heavy atom. The fraction of sp³-hybridized carbons (Fsp3) is 0.350. The maximum atomic E-state index is 12.3. The first kappa shape index (κ1) is 18.6. The van der Waals surface area contributed by atoms with Gasteiger partial charge < -0.3 is 19.5 Å². The van der Waals surface area contributed by atoms with Gasteiger partial charge in [0.1, 0.15) is 17.2 Å². The molecule has 0 aliphatic rings. The van der Waals surface area contributed by atoms with Crippen molar-refractivity contribution in [2.45, 2.75) is 20.3 Å². The maximum absolute atomic E-state index is 12.3. The molecule has 0 saturated carbocycles. The van der Waals surface area contributed by atoms with Gasteiger partial charge >= 0.3 is 0 Å². The molecular formula is C20H25NO4. The average Bonchev–Trinajstić information content (AvgIpc) is 2.63. The summed E-state index contributed by atoms with van der Waals surface area (Å²) in [5, 5.41) is 2.94. The number of benzene rings is 2. The second-order valence-electron chi connectivity index (χ2n) is 5.60. The minimum atomic E-state index is -0.104. The number of hydrogen-bond acceptors (Lipinski definition) is 4. The summed E-state index contributed by atoms with van der Waals surface area (Å²) >= 11 is 0. The second-order valence-corrected chi connectivity index (χ2v) is 5.60. The summed E-state index contributed by atoms with van der Waals surface area (Å²) in [5.74, 6) is 2.25. The lowest BCUT2D eigenvalue weighted by Crippen LogP contribution is -2.25. The first-order valence-corrected chi connectivity index (χ1v) is 8.31. The molecule has 1 amide bonds. The number of amides is 1. The van der Waals surface area contributed by atoms with Gasteiger partial charge in [0.25, 0.3) is 5.91 Å². The first-order valence-electron chi connectivity index (χ1n) is 8.31. The zero-order chi connectivity index (χ0) is 18.2. The Morgan fingerprint density at radius 1 is 1.04 bits per heavy atom. The predicted octanol–water partition coefficient (Wildman–Crippen LogP) is 3.38. The lowest BCUT2D eigenvalue weighted by atomic mass is 10.1. The molecule has 0 saturated heterocycles. The minimum absolute atomic E-state index is 0.104. The summed E-state index contributed by atoms with van der Waals surface area (Å²) in [6.45, 7) is 4.99. The third kappa shape index (κ3) is 4.89. The quantitative estimate of drug-likeness (QED) is 0.798. The second kappa shape index (κ2) is 8.97. The molecule has 0 bridgehead atoms. The Labute approximate surface area is 148 Å². The number of hydrogen-bond donors (Lipinski definition) is 1. The molecule has 0 atom stereocenters. The minimum Gasteiger partial charge on any atom is -0.497 e. The van der Waals surface area contributed by atoms with E-state index in [1.807, 2.05) is 44.2 Å². The van der Waals surface area contributed by atoms with Crippen LogP contribution in [0.2, 0.25) is 0 Å². The highest BCUT2D eigenvalue weighted by Crippen LogP contribution is 2.24. The van der Waals surface area contributed by atoms with Crippen LogP contribution in [0.15, 0.2) is 36.4 Å². The molecule has 0 fully saturated rings. The smallest absolute Gasteiger partial charge is 0.251 e. The molecule has 0 heterocycles. The Morgan fingerprint density at radius 2 is 1.80 bits per heavy atom. The van der Waals surface area contributed by atoms with Gasteiger partial charge in [0.15, 0.2) is 0 Å². The van der Waals surface area contributed by atoms with Crippen LogP contribution in [0.25, 0.3) is 0 Å². The van der Waals surface area contributed by atoms with Crippen LogP contribution in [-0.2, 0) is 6.42 Å².